The van der Waals surface area contributed by atoms with Gasteiger partial charge in [-0.25, -0.2) is 0 Å². The van der Waals surface area contributed by atoms with Crippen molar-refractivity contribution in [3.63, 3.8) is 0 Å². The van der Waals surface area contributed by atoms with Gasteiger partial charge in [-0.2, -0.15) is 13.2 Å². The van der Waals surface area contributed by atoms with Crippen LogP contribution in [0.25, 0.3) is 10.9 Å². The number of hydrogen-bond donors (Lipinski definition) is 2. The highest BCUT2D eigenvalue weighted by Gasteiger charge is 2.43. The number of nitrogens with one attached hydrogen (secondary N) is 2. The zero-order valence-corrected chi connectivity index (χ0v) is 16.0. The van der Waals surface area contributed by atoms with Gasteiger partial charge in [-0.15, -0.1) is 24.8 Å². The molecule has 150 valence electrons. The van der Waals surface area contributed by atoms with Crippen LogP contribution in [-0.2, 0) is 0 Å². The van der Waals surface area contributed by atoms with Crippen molar-refractivity contribution in [3.05, 3.63) is 42.1 Å². The number of pyridine rings is 1. The molecular weight excluding hydrogens is 404 g/mol. The van der Waals surface area contributed by atoms with E-state index < -0.39 is 24.7 Å². The number of piperazine rings is 1. The second kappa shape index (κ2) is 10.1. The summed E-state index contributed by atoms with van der Waals surface area (Å²) < 4.78 is 40.2. The lowest BCUT2D eigenvalue weighted by molar-refractivity contribution is -0.183. The van der Waals surface area contributed by atoms with E-state index in [-0.39, 0.29) is 30.4 Å². The molecule has 1 saturated heterocycles. The predicted octanol–water partition coefficient (Wildman–Crippen LogP) is 2.64. The maximum absolute atomic E-state index is 13.4. The molecule has 0 bridgehead atoms. The van der Waals surface area contributed by atoms with Crippen LogP contribution in [0.1, 0.15) is 10.4 Å². The number of carbonyl (C=O) groups is 1. The Bertz CT molecular complexity index is 749. The molecule has 27 heavy (non-hydrogen) atoms. The SMILES string of the molecule is Cl.Cl.O=C(NCC(N1CCNCC1)C(F)(F)F)c1cccc2cccnc12. The van der Waals surface area contributed by atoms with Crippen LogP contribution in [-0.4, -0.2) is 60.7 Å². The fraction of sp³-hybridized carbons (Fsp3) is 0.412. The molecule has 2 heterocycles. The third-order valence-electron chi connectivity index (χ3n) is 4.30. The molecule has 1 atom stereocenters. The molecule has 1 aromatic heterocycles. The quantitative estimate of drug-likeness (QED) is 0.791. The predicted molar refractivity (Wildman–Crippen MR) is 103 cm³/mol. The number of halogens is 5. The molecule has 1 fully saturated rings. The Morgan fingerprint density at radius 2 is 1.85 bits per heavy atom. The van der Waals surface area contributed by atoms with E-state index >= 15 is 0 Å². The average Bonchev–Trinajstić information content (AvgIpc) is 2.61. The van der Waals surface area contributed by atoms with Crippen LogP contribution in [0.3, 0.4) is 0 Å². The number of amides is 1. The maximum atomic E-state index is 13.4. The smallest absolute Gasteiger partial charge is 0.350 e. The van der Waals surface area contributed by atoms with Gasteiger partial charge in [0.05, 0.1) is 11.1 Å². The van der Waals surface area contributed by atoms with Gasteiger partial charge in [0.25, 0.3) is 5.91 Å². The molecule has 0 radical (unpaired) electrons. The average molecular weight is 425 g/mol. The van der Waals surface area contributed by atoms with Gasteiger partial charge in [0.15, 0.2) is 0 Å². The fourth-order valence-corrected chi connectivity index (χ4v) is 3.02. The highest BCUT2D eigenvalue weighted by atomic mass is 35.5. The van der Waals surface area contributed by atoms with Crippen molar-refractivity contribution in [2.24, 2.45) is 0 Å². The van der Waals surface area contributed by atoms with Crippen LogP contribution in [0.5, 0.6) is 0 Å². The van der Waals surface area contributed by atoms with Crippen LogP contribution in [0.2, 0.25) is 0 Å². The number of benzene rings is 1. The number of aromatic nitrogens is 1. The highest BCUT2D eigenvalue weighted by Crippen LogP contribution is 2.25. The minimum Gasteiger partial charge on any atom is -0.350 e. The van der Waals surface area contributed by atoms with Gasteiger partial charge >= 0.3 is 6.18 Å². The van der Waals surface area contributed by atoms with Gasteiger partial charge in [0.1, 0.15) is 6.04 Å². The second-order valence-electron chi connectivity index (χ2n) is 5.93. The summed E-state index contributed by atoms with van der Waals surface area (Å²) in [5, 5.41) is 6.23. The standard InChI is InChI=1S/C17H19F3N4O.2ClH/c18-17(19,20)14(24-9-7-21-8-10-24)11-23-16(25)13-5-1-3-12-4-2-6-22-15(12)13;;/h1-6,14,21H,7-11H2,(H,23,25);2*1H. The van der Waals surface area contributed by atoms with Crippen molar-refractivity contribution < 1.29 is 18.0 Å². The first-order valence-electron chi connectivity index (χ1n) is 8.10. The van der Waals surface area contributed by atoms with Gasteiger partial charge in [-0.05, 0) is 12.1 Å². The van der Waals surface area contributed by atoms with E-state index in [1.165, 1.54) is 4.90 Å². The van der Waals surface area contributed by atoms with Crippen LogP contribution in [0.15, 0.2) is 36.5 Å². The summed E-state index contributed by atoms with van der Waals surface area (Å²) in [6, 6.07) is 6.92. The molecule has 1 aliphatic rings. The van der Waals surface area contributed by atoms with E-state index in [0.717, 1.165) is 5.39 Å². The summed E-state index contributed by atoms with van der Waals surface area (Å²) in [5.74, 6) is -0.548. The van der Waals surface area contributed by atoms with Crippen LogP contribution in [0, 0.1) is 0 Å². The van der Waals surface area contributed by atoms with E-state index in [2.05, 4.69) is 15.6 Å². The monoisotopic (exact) mass is 424 g/mol. The Balaban J connectivity index is 0.00000182. The molecule has 5 nitrogen and oxygen atoms in total. The molecule has 3 rings (SSSR count). The zero-order valence-electron chi connectivity index (χ0n) is 14.3. The number of carbonyl (C=O) groups excluding carboxylic acids is 1. The van der Waals surface area contributed by atoms with E-state index in [1.54, 1.807) is 36.5 Å². The Morgan fingerprint density at radius 3 is 2.52 bits per heavy atom. The highest BCUT2D eigenvalue weighted by molar-refractivity contribution is 6.05. The van der Waals surface area contributed by atoms with Crippen molar-refractivity contribution in [2.45, 2.75) is 12.2 Å². The molecule has 10 heteroatoms. The van der Waals surface area contributed by atoms with Crippen LogP contribution >= 0.6 is 24.8 Å². The summed E-state index contributed by atoms with van der Waals surface area (Å²) in [7, 11) is 0. The van der Waals surface area contributed by atoms with Crippen molar-refractivity contribution >= 4 is 41.6 Å². The Morgan fingerprint density at radius 1 is 1.19 bits per heavy atom. The van der Waals surface area contributed by atoms with E-state index in [0.29, 0.717) is 31.7 Å². The third kappa shape index (κ3) is 5.68. The first-order valence-corrected chi connectivity index (χ1v) is 8.10. The van der Waals surface area contributed by atoms with E-state index in [1.807, 2.05) is 0 Å². The molecule has 0 aliphatic carbocycles. The normalized spacial score (nSPS) is 16.1. The van der Waals surface area contributed by atoms with Gasteiger partial charge in [-0.1, -0.05) is 18.2 Å². The maximum Gasteiger partial charge on any atom is 0.405 e. The first-order chi connectivity index (χ1) is 12.0. The first kappa shape index (κ1) is 23.4. The summed E-state index contributed by atoms with van der Waals surface area (Å²) in [6.45, 7) is 1.14. The summed E-state index contributed by atoms with van der Waals surface area (Å²) in [6.07, 6.45) is -2.85. The summed E-state index contributed by atoms with van der Waals surface area (Å²) in [5.41, 5.74) is 0.757. The molecule has 1 aromatic carbocycles. The number of fused-ring (bicyclic) bond motifs is 1. The molecule has 1 unspecified atom stereocenters. The largest absolute Gasteiger partial charge is 0.405 e. The van der Waals surface area contributed by atoms with E-state index in [9.17, 15) is 18.0 Å². The van der Waals surface area contributed by atoms with Crippen molar-refractivity contribution in [2.75, 3.05) is 32.7 Å². The zero-order chi connectivity index (χ0) is 17.9. The van der Waals surface area contributed by atoms with Gasteiger partial charge < -0.3 is 10.6 Å². The van der Waals surface area contributed by atoms with Crippen molar-refractivity contribution in [1.82, 2.24) is 20.5 Å². The third-order valence-corrected chi connectivity index (χ3v) is 4.30. The van der Waals surface area contributed by atoms with Gasteiger partial charge in [0.2, 0.25) is 0 Å². The van der Waals surface area contributed by atoms with Crippen molar-refractivity contribution in [1.29, 1.82) is 0 Å². The molecular formula is C17H21Cl2F3N4O. The molecule has 0 spiro atoms. The molecule has 1 amide bonds. The molecule has 2 aromatic rings. The number of para-hydroxylation sites is 1. The van der Waals surface area contributed by atoms with Crippen molar-refractivity contribution in [3.8, 4) is 0 Å². The lowest BCUT2D eigenvalue weighted by Crippen LogP contribution is -2.57. The van der Waals surface area contributed by atoms with Gasteiger partial charge in [-0.3, -0.25) is 14.7 Å². The minimum atomic E-state index is -4.40. The Labute approximate surface area is 167 Å². The number of alkyl halides is 3. The summed E-state index contributed by atoms with van der Waals surface area (Å²) in [4.78, 5) is 17.9. The Hall–Kier alpha value is -1.61. The second-order valence-corrected chi connectivity index (χ2v) is 5.93. The molecule has 1 aliphatic heterocycles. The minimum absolute atomic E-state index is 0. The topological polar surface area (TPSA) is 57.3 Å². The van der Waals surface area contributed by atoms with E-state index in [4.69, 9.17) is 0 Å². The summed E-state index contributed by atoms with van der Waals surface area (Å²) >= 11 is 0. The Kier molecular flexibility index (Phi) is 8.74. The number of hydrogen-bond acceptors (Lipinski definition) is 4. The number of nitrogens with zero attached hydrogens (tertiary/aromatic N) is 2. The fourth-order valence-electron chi connectivity index (χ4n) is 3.02. The number of rotatable bonds is 4. The lowest BCUT2D eigenvalue weighted by atomic mass is 10.1. The van der Waals surface area contributed by atoms with Crippen LogP contribution in [0.4, 0.5) is 13.2 Å². The molecule has 2 N–H and O–H groups in total. The van der Waals surface area contributed by atoms with Crippen LogP contribution < -0.4 is 10.6 Å². The molecule has 0 saturated carbocycles. The van der Waals surface area contributed by atoms with Gasteiger partial charge in [0, 0.05) is 44.3 Å². The lowest BCUT2D eigenvalue weighted by Gasteiger charge is -2.35.